The first kappa shape index (κ1) is 15.3. The predicted molar refractivity (Wildman–Crippen MR) is 93.5 cm³/mol. The lowest BCUT2D eigenvalue weighted by atomic mass is 10.0. The van der Waals surface area contributed by atoms with Crippen LogP contribution in [-0.4, -0.2) is 10.9 Å². The fourth-order valence-corrected chi connectivity index (χ4v) is 3.83. The lowest BCUT2D eigenvalue weighted by Gasteiger charge is -2.27. The van der Waals surface area contributed by atoms with E-state index in [1.54, 1.807) is 12.1 Å². The van der Waals surface area contributed by atoms with Gasteiger partial charge in [0.25, 0.3) is 0 Å². The zero-order valence-electron chi connectivity index (χ0n) is 12.0. The Hall–Kier alpha value is -1.59. The van der Waals surface area contributed by atoms with Crippen LogP contribution >= 0.6 is 24.0 Å². The smallest absolute Gasteiger partial charge is 0.167 e. The molecule has 114 valence electrons. The molecule has 2 aromatic carbocycles. The molecule has 0 aromatic heterocycles. The van der Waals surface area contributed by atoms with Gasteiger partial charge in [0.05, 0.1) is 6.04 Å². The van der Waals surface area contributed by atoms with E-state index in [2.05, 4.69) is 34.9 Å². The molecule has 5 heteroatoms. The van der Waals surface area contributed by atoms with Crippen LogP contribution in [0.25, 0.3) is 0 Å². The summed E-state index contributed by atoms with van der Waals surface area (Å²) < 4.78 is 12.9. The summed E-state index contributed by atoms with van der Waals surface area (Å²) in [4.78, 5) is 1.33. The topological polar surface area (TPSA) is 24.1 Å². The van der Waals surface area contributed by atoms with Crippen LogP contribution < -0.4 is 10.6 Å². The molecule has 1 atom stereocenters. The van der Waals surface area contributed by atoms with E-state index in [1.807, 2.05) is 11.8 Å². The average Bonchev–Trinajstić information content (AvgIpc) is 2.55. The van der Waals surface area contributed by atoms with E-state index in [0.29, 0.717) is 11.7 Å². The summed E-state index contributed by atoms with van der Waals surface area (Å²) in [5.74, 6) is 0.871. The Morgan fingerprint density at radius 2 is 1.95 bits per heavy atom. The number of rotatable bonds is 3. The molecule has 0 unspecified atom stereocenters. The monoisotopic (exact) mass is 332 g/mol. The van der Waals surface area contributed by atoms with Crippen LogP contribution in [0.4, 0.5) is 4.39 Å². The highest BCUT2D eigenvalue weighted by molar-refractivity contribution is 7.99. The molecular formula is C17H17FN2S2. The molecule has 1 aliphatic rings. The molecule has 0 fully saturated rings. The van der Waals surface area contributed by atoms with Crippen LogP contribution in [0.3, 0.4) is 0 Å². The van der Waals surface area contributed by atoms with Crippen molar-refractivity contribution in [2.24, 2.45) is 0 Å². The largest absolute Gasteiger partial charge is 0.359 e. The highest BCUT2D eigenvalue weighted by Crippen LogP contribution is 2.35. The van der Waals surface area contributed by atoms with Crippen molar-refractivity contribution in [2.75, 3.05) is 5.75 Å². The van der Waals surface area contributed by atoms with E-state index in [1.165, 1.54) is 22.6 Å². The van der Waals surface area contributed by atoms with Gasteiger partial charge in [-0.25, -0.2) is 4.39 Å². The molecule has 0 aliphatic carbocycles. The molecule has 0 spiro atoms. The Bertz CT molecular complexity index is 658. The van der Waals surface area contributed by atoms with Crippen molar-refractivity contribution in [1.82, 2.24) is 10.6 Å². The number of hydrogen-bond donors (Lipinski definition) is 2. The van der Waals surface area contributed by atoms with E-state index in [9.17, 15) is 4.39 Å². The quantitative estimate of drug-likeness (QED) is 0.829. The second-order valence-corrected chi connectivity index (χ2v) is 6.73. The fraction of sp³-hybridized carbons (Fsp3) is 0.235. The van der Waals surface area contributed by atoms with E-state index >= 15 is 0 Å². The molecule has 1 aliphatic heterocycles. The van der Waals surface area contributed by atoms with Crippen molar-refractivity contribution in [3.05, 3.63) is 65.5 Å². The van der Waals surface area contributed by atoms with Gasteiger partial charge in [0.15, 0.2) is 5.11 Å². The fourth-order valence-electron chi connectivity index (χ4n) is 2.49. The van der Waals surface area contributed by atoms with Crippen molar-refractivity contribution >= 4 is 29.1 Å². The van der Waals surface area contributed by atoms with Gasteiger partial charge in [0, 0.05) is 17.2 Å². The van der Waals surface area contributed by atoms with Crippen LogP contribution in [0.15, 0.2) is 53.4 Å². The number of benzene rings is 2. The Balaban J connectivity index is 1.57. The van der Waals surface area contributed by atoms with Crippen LogP contribution in [-0.2, 0) is 6.54 Å². The molecule has 22 heavy (non-hydrogen) atoms. The van der Waals surface area contributed by atoms with Gasteiger partial charge >= 0.3 is 0 Å². The molecule has 1 heterocycles. The number of hydrogen-bond acceptors (Lipinski definition) is 2. The molecule has 3 rings (SSSR count). The van der Waals surface area contributed by atoms with Crippen LogP contribution in [0.2, 0.25) is 0 Å². The number of thioether (sulfide) groups is 1. The van der Waals surface area contributed by atoms with Crippen LogP contribution in [0.5, 0.6) is 0 Å². The van der Waals surface area contributed by atoms with Crippen molar-refractivity contribution in [1.29, 1.82) is 0 Å². The first-order valence-electron chi connectivity index (χ1n) is 7.23. The summed E-state index contributed by atoms with van der Waals surface area (Å²) in [5, 5.41) is 7.21. The summed E-state index contributed by atoms with van der Waals surface area (Å²) in [6.45, 7) is 0.592. The zero-order chi connectivity index (χ0) is 15.4. The molecule has 0 saturated heterocycles. The summed E-state index contributed by atoms with van der Waals surface area (Å²) in [6, 6.07) is 15.1. The van der Waals surface area contributed by atoms with Gasteiger partial charge in [0.1, 0.15) is 5.82 Å². The van der Waals surface area contributed by atoms with Gasteiger partial charge < -0.3 is 10.6 Å². The zero-order valence-corrected chi connectivity index (χ0v) is 13.6. The van der Waals surface area contributed by atoms with E-state index in [4.69, 9.17) is 12.2 Å². The summed E-state index contributed by atoms with van der Waals surface area (Å²) in [6.07, 6.45) is 1.06. The maximum atomic E-state index is 12.9. The third-order valence-corrected chi connectivity index (χ3v) is 5.01. The maximum absolute atomic E-state index is 12.9. The van der Waals surface area contributed by atoms with Gasteiger partial charge in [0.2, 0.25) is 0 Å². The lowest BCUT2D eigenvalue weighted by Crippen LogP contribution is -2.38. The highest BCUT2D eigenvalue weighted by Gasteiger charge is 2.20. The molecule has 0 saturated carbocycles. The van der Waals surface area contributed by atoms with E-state index in [-0.39, 0.29) is 11.9 Å². The predicted octanol–water partition coefficient (Wildman–Crippen LogP) is 4.03. The summed E-state index contributed by atoms with van der Waals surface area (Å²) >= 11 is 7.28. The van der Waals surface area contributed by atoms with Crippen molar-refractivity contribution < 1.29 is 4.39 Å². The van der Waals surface area contributed by atoms with Crippen molar-refractivity contribution in [3.63, 3.8) is 0 Å². The average molecular weight is 332 g/mol. The Labute approximate surface area is 139 Å². The Morgan fingerprint density at radius 3 is 2.77 bits per heavy atom. The van der Waals surface area contributed by atoms with Gasteiger partial charge in [-0.1, -0.05) is 30.3 Å². The Morgan fingerprint density at radius 1 is 1.18 bits per heavy atom. The standard InChI is InChI=1S/C17H17FN2S2/c18-13-7-5-12(6-8-13)11-19-17(21)20-15-9-10-22-16-4-2-1-3-14(15)16/h1-8,15H,9-11H2,(H2,19,20,21)/t15-/m0/s1. The molecule has 2 aromatic rings. The van der Waals surface area contributed by atoms with Gasteiger partial charge in [-0.15, -0.1) is 11.8 Å². The normalized spacial score (nSPS) is 16.7. The highest BCUT2D eigenvalue weighted by atomic mass is 32.2. The van der Waals surface area contributed by atoms with Crippen molar-refractivity contribution in [2.45, 2.75) is 23.9 Å². The van der Waals surface area contributed by atoms with Gasteiger partial charge in [-0.3, -0.25) is 0 Å². The molecule has 2 N–H and O–H groups in total. The number of thiocarbonyl (C=S) groups is 1. The third-order valence-electron chi connectivity index (χ3n) is 3.63. The molecule has 0 bridgehead atoms. The number of fused-ring (bicyclic) bond motifs is 1. The SMILES string of the molecule is Fc1ccc(CNC(=S)N[C@H]2CCSc3ccccc32)cc1. The van der Waals surface area contributed by atoms with Crippen LogP contribution in [0, 0.1) is 5.82 Å². The van der Waals surface area contributed by atoms with Crippen molar-refractivity contribution in [3.8, 4) is 0 Å². The number of halogens is 1. The van der Waals surface area contributed by atoms with Gasteiger partial charge in [-0.2, -0.15) is 0 Å². The van der Waals surface area contributed by atoms with Crippen LogP contribution in [0.1, 0.15) is 23.6 Å². The molecule has 0 radical (unpaired) electrons. The third kappa shape index (κ3) is 3.78. The second kappa shape index (κ2) is 7.11. The molecule has 2 nitrogen and oxygen atoms in total. The van der Waals surface area contributed by atoms with E-state index < -0.39 is 0 Å². The molecule has 0 amide bonds. The summed E-state index contributed by atoms with van der Waals surface area (Å²) in [7, 11) is 0. The Kier molecular flexibility index (Phi) is 4.95. The second-order valence-electron chi connectivity index (χ2n) is 5.18. The number of nitrogens with one attached hydrogen (secondary N) is 2. The first-order chi connectivity index (χ1) is 10.7. The van der Waals surface area contributed by atoms with E-state index in [0.717, 1.165) is 17.7 Å². The summed E-state index contributed by atoms with van der Waals surface area (Å²) in [5.41, 5.74) is 2.31. The minimum Gasteiger partial charge on any atom is -0.359 e. The lowest BCUT2D eigenvalue weighted by molar-refractivity contribution is 0.602. The first-order valence-corrected chi connectivity index (χ1v) is 8.62. The molecular weight excluding hydrogens is 315 g/mol. The maximum Gasteiger partial charge on any atom is 0.167 e. The van der Waals surface area contributed by atoms with Gasteiger partial charge in [-0.05, 0) is 48.0 Å². The minimum atomic E-state index is -0.222. The minimum absolute atomic E-state index is 0.222.